The largest absolute Gasteiger partial charge is 0.285 e. The number of halogens is 1. The Balaban J connectivity index is 2.96. The van der Waals surface area contributed by atoms with Crippen LogP contribution in [0.15, 0.2) is 23.1 Å². The smallest absolute Gasteiger partial charge is 0.258 e. The Morgan fingerprint density at radius 3 is 2.86 bits per heavy atom. The van der Waals surface area contributed by atoms with E-state index in [-0.39, 0.29) is 5.69 Å². The molecule has 0 atom stereocenters. The zero-order chi connectivity index (χ0) is 10.6. The normalized spacial score (nSPS) is 10.1. The molecule has 3 nitrogen and oxygen atoms in total. The van der Waals surface area contributed by atoms with Crippen LogP contribution in [0.2, 0.25) is 0 Å². The van der Waals surface area contributed by atoms with Gasteiger partial charge in [0.2, 0.25) is 0 Å². The molecule has 0 spiro atoms. The molecule has 14 heavy (non-hydrogen) atoms. The molecule has 0 radical (unpaired) electrons. The number of benzene rings is 1. The summed E-state index contributed by atoms with van der Waals surface area (Å²) in [6.07, 6.45) is 0.930. The van der Waals surface area contributed by atoms with Crippen molar-refractivity contribution in [2.45, 2.75) is 18.2 Å². The van der Waals surface area contributed by atoms with E-state index in [1.165, 1.54) is 23.9 Å². The van der Waals surface area contributed by atoms with Crippen molar-refractivity contribution in [1.29, 1.82) is 0 Å². The lowest BCUT2D eigenvalue weighted by atomic mass is 10.3. The number of thioether (sulfide) groups is 1. The molecule has 0 unspecified atom stereocenters. The molecule has 0 N–H and O–H groups in total. The molecule has 5 heteroatoms. The van der Waals surface area contributed by atoms with Gasteiger partial charge in [0.05, 0.1) is 15.9 Å². The molecule has 0 aliphatic rings. The molecule has 1 aromatic rings. The predicted molar refractivity (Wildman–Crippen MR) is 54.1 cm³/mol. The minimum absolute atomic E-state index is 0.150. The number of hydrogen-bond donors (Lipinski definition) is 0. The highest BCUT2D eigenvalue weighted by molar-refractivity contribution is 7.99. The second-order valence-electron chi connectivity index (χ2n) is 2.72. The van der Waals surface area contributed by atoms with Gasteiger partial charge in [-0.15, -0.1) is 11.8 Å². The van der Waals surface area contributed by atoms with Crippen molar-refractivity contribution in [3.8, 4) is 0 Å². The maximum atomic E-state index is 12.7. The molecule has 76 valence electrons. The van der Waals surface area contributed by atoms with Crippen LogP contribution in [0.5, 0.6) is 0 Å². The first-order valence-electron chi connectivity index (χ1n) is 4.22. The van der Waals surface area contributed by atoms with Crippen molar-refractivity contribution in [2.24, 2.45) is 0 Å². The minimum atomic E-state index is -0.572. The maximum Gasteiger partial charge on any atom is 0.285 e. The van der Waals surface area contributed by atoms with E-state index in [9.17, 15) is 14.5 Å². The van der Waals surface area contributed by atoms with E-state index in [0.29, 0.717) is 4.90 Å². The lowest BCUT2D eigenvalue weighted by Crippen LogP contribution is -1.92. The maximum absolute atomic E-state index is 12.7. The summed E-state index contributed by atoms with van der Waals surface area (Å²) in [6, 6.07) is 3.65. The quantitative estimate of drug-likeness (QED) is 0.440. The Labute approximate surface area is 85.5 Å². The van der Waals surface area contributed by atoms with Gasteiger partial charge in [0.25, 0.3) is 5.69 Å². The summed E-state index contributed by atoms with van der Waals surface area (Å²) in [5.74, 6) is 0.226. The van der Waals surface area contributed by atoms with Gasteiger partial charge in [0.15, 0.2) is 0 Å². The zero-order valence-electron chi connectivity index (χ0n) is 7.70. The first-order valence-corrected chi connectivity index (χ1v) is 5.20. The summed E-state index contributed by atoms with van der Waals surface area (Å²) in [5, 5.41) is 10.6. The van der Waals surface area contributed by atoms with Crippen LogP contribution in [-0.2, 0) is 0 Å². The van der Waals surface area contributed by atoms with Crippen molar-refractivity contribution < 1.29 is 9.31 Å². The first-order chi connectivity index (χ1) is 6.65. The lowest BCUT2D eigenvalue weighted by molar-refractivity contribution is -0.387. The van der Waals surface area contributed by atoms with Crippen LogP contribution in [-0.4, -0.2) is 10.7 Å². The van der Waals surface area contributed by atoms with E-state index in [0.717, 1.165) is 18.2 Å². The van der Waals surface area contributed by atoms with Gasteiger partial charge in [-0.1, -0.05) is 6.92 Å². The summed E-state index contributed by atoms with van der Waals surface area (Å²) in [6.45, 7) is 1.99. The number of nitrogens with zero attached hydrogens (tertiary/aromatic N) is 1. The second kappa shape index (κ2) is 4.95. The van der Waals surface area contributed by atoms with Gasteiger partial charge in [0, 0.05) is 0 Å². The van der Waals surface area contributed by atoms with Crippen LogP contribution >= 0.6 is 11.8 Å². The van der Waals surface area contributed by atoms with E-state index in [4.69, 9.17) is 0 Å². The lowest BCUT2D eigenvalue weighted by Gasteiger charge is -2.01. The average molecular weight is 215 g/mol. The number of nitro benzene ring substituents is 1. The zero-order valence-corrected chi connectivity index (χ0v) is 8.51. The van der Waals surface area contributed by atoms with Crippen LogP contribution in [0.3, 0.4) is 0 Å². The summed E-state index contributed by atoms with van der Waals surface area (Å²) in [7, 11) is 0. The standard InChI is InChI=1S/C9H10FNO2S/c1-2-5-14-9-4-3-7(10)6-8(9)11(12)13/h3-4,6H,2,5H2,1H3. The van der Waals surface area contributed by atoms with Crippen LogP contribution in [0.4, 0.5) is 10.1 Å². The van der Waals surface area contributed by atoms with Gasteiger partial charge in [-0.25, -0.2) is 4.39 Å². The highest BCUT2D eigenvalue weighted by atomic mass is 32.2. The molecule has 1 rings (SSSR count). The van der Waals surface area contributed by atoms with Crippen LogP contribution in [0, 0.1) is 15.9 Å². The third-order valence-corrected chi connectivity index (χ3v) is 2.85. The second-order valence-corrected chi connectivity index (χ2v) is 3.85. The highest BCUT2D eigenvalue weighted by Crippen LogP contribution is 2.29. The molecule has 0 fully saturated rings. The van der Waals surface area contributed by atoms with E-state index in [1.54, 1.807) is 0 Å². The number of rotatable bonds is 4. The summed E-state index contributed by atoms with van der Waals surface area (Å²) >= 11 is 1.38. The van der Waals surface area contributed by atoms with Gasteiger partial charge in [-0.3, -0.25) is 10.1 Å². The van der Waals surface area contributed by atoms with Crippen molar-refractivity contribution in [1.82, 2.24) is 0 Å². The van der Waals surface area contributed by atoms with E-state index in [1.807, 2.05) is 6.92 Å². The van der Waals surface area contributed by atoms with Gasteiger partial charge in [-0.2, -0.15) is 0 Å². The molecule has 0 heterocycles. The van der Waals surface area contributed by atoms with Gasteiger partial charge >= 0.3 is 0 Å². The first kappa shape index (κ1) is 11.0. The van der Waals surface area contributed by atoms with Gasteiger partial charge in [0.1, 0.15) is 5.82 Å². The molecular formula is C9H10FNO2S. The Bertz CT molecular complexity index is 344. The molecule has 0 amide bonds. The Hall–Kier alpha value is -1.10. The van der Waals surface area contributed by atoms with Crippen LogP contribution in [0.1, 0.15) is 13.3 Å². The highest BCUT2D eigenvalue weighted by Gasteiger charge is 2.14. The summed E-state index contributed by atoms with van der Waals surface area (Å²) < 4.78 is 12.7. The molecule has 0 saturated carbocycles. The van der Waals surface area contributed by atoms with Crippen LogP contribution < -0.4 is 0 Å². The summed E-state index contributed by atoms with van der Waals surface area (Å²) in [5.41, 5.74) is -0.150. The average Bonchev–Trinajstić information content (AvgIpc) is 2.15. The molecule has 0 bridgehead atoms. The van der Waals surface area contributed by atoms with E-state index < -0.39 is 10.7 Å². The molecule has 0 saturated heterocycles. The van der Waals surface area contributed by atoms with Crippen molar-refractivity contribution in [3.05, 3.63) is 34.1 Å². The van der Waals surface area contributed by atoms with Gasteiger partial charge < -0.3 is 0 Å². The number of nitro groups is 1. The van der Waals surface area contributed by atoms with Crippen molar-refractivity contribution >= 4 is 17.4 Å². The fourth-order valence-electron chi connectivity index (χ4n) is 0.967. The number of hydrogen-bond acceptors (Lipinski definition) is 3. The minimum Gasteiger partial charge on any atom is -0.258 e. The molecule has 0 aromatic heterocycles. The molecule has 0 aliphatic carbocycles. The van der Waals surface area contributed by atoms with E-state index in [2.05, 4.69) is 0 Å². The molecular weight excluding hydrogens is 205 g/mol. The van der Waals surface area contributed by atoms with E-state index >= 15 is 0 Å². The van der Waals surface area contributed by atoms with Crippen molar-refractivity contribution in [2.75, 3.05) is 5.75 Å². The fourth-order valence-corrected chi connectivity index (χ4v) is 1.84. The SMILES string of the molecule is CCCSc1ccc(F)cc1[N+](=O)[O-]. The Kier molecular flexibility index (Phi) is 3.88. The topological polar surface area (TPSA) is 43.1 Å². The predicted octanol–water partition coefficient (Wildman–Crippen LogP) is 3.24. The molecule has 0 aliphatic heterocycles. The van der Waals surface area contributed by atoms with Gasteiger partial charge in [-0.05, 0) is 24.3 Å². The monoisotopic (exact) mass is 215 g/mol. The third-order valence-electron chi connectivity index (χ3n) is 1.58. The Morgan fingerprint density at radius 1 is 1.57 bits per heavy atom. The molecule has 1 aromatic carbocycles. The van der Waals surface area contributed by atoms with Crippen LogP contribution in [0.25, 0.3) is 0 Å². The Morgan fingerprint density at radius 2 is 2.29 bits per heavy atom. The van der Waals surface area contributed by atoms with Crippen molar-refractivity contribution in [3.63, 3.8) is 0 Å². The fraction of sp³-hybridized carbons (Fsp3) is 0.333. The summed E-state index contributed by atoms with van der Waals surface area (Å²) in [4.78, 5) is 10.5. The third kappa shape index (κ3) is 2.70.